The number of ether oxygens (including phenoxy) is 1. The quantitative estimate of drug-likeness (QED) is 0.700. The summed E-state index contributed by atoms with van der Waals surface area (Å²) in [6.45, 7) is 3.52. The third kappa shape index (κ3) is 4.75. The molecule has 2 rings (SSSR count). The van der Waals surface area contributed by atoms with Gasteiger partial charge in [-0.1, -0.05) is 54.1 Å². The normalized spacial score (nSPS) is 13.8. The van der Waals surface area contributed by atoms with Crippen molar-refractivity contribution < 1.29 is 4.74 Å². The van der Waals surface area contributed by atoms with Gasteiger partial charge >= 0.3 is 0 Å². The van der Waals surface area contributed by atoms with Crippen molar-refractivity contribution in [2.24, 2.45) is 0 Å². The molecule has 4 heteroatoms. The third-order valence-electron chi connectivity index (χ3n) is 3.34. The Kier molecular flexibility index (Phi) is 7.26. The lowest BCUT2D eigenvalue weighted by molar-refractivity contribution is 0.0624. The molecule has 0 spiro atoms. The van der Waals surface area contributed by atoms with Crippen molar-refractivity contribution in [2.45, 2.75) is 23.2 Å². The van der Waals surface area contributed by atoms with Crippen molar-refractivity contribution in [1.29, 1.82) is 0 Å². The lowest BCUT2D eigenvalue weighted by Gasteiger charge is -2.27. The Morgan fingerprint density at radius 1 is 1.09 bits per heavy atom. The van der Waals surface area contributed by atoms with Gasteiger partial charge in [-0.3, -0.25) is 0 Å². The van der Waals surface area contributed by atoms with E-state index in [1.54, 1.807) is 11.8 Å². The number of likely N-dealkylation sites (N-methyl/N-ethyl adjacent to an activating group) is 1. The van der Waals surface area contributed by atoms with Crippen LogP contribution in [-0.2, 0) is 4.74 Å². The molecule has 2 atom stereocenters. The molecule has 2 aromatic carbocycles. The first kappa shape index (κ1) is 17.4. The van der Waals surface area contributed by atoms with Crippen LogP contribution in [0.3, 0.4) is 0 Å². The van der Waals surface area contributed by atoms with E-state index < -0.39 is 0 Å². The molecule has 0 fully saturated rings. The van der Waals surface area contributed by atoms with Crippen molar-refractivity contribution in [3.05, 3.63) is 65.2 Å². The first-order valence-electron chi connectivity index (χ1n) is 7.48. The highest BCUT2D eigenvalue weighted by atomic mass is 35.5. The number of nitrogens with one attached hydrogen (secondary N) is 1. The molecule has 22 heavy (non-hydrogen) atoms. The molecule has 0 aromatic heterocycles. The molecule has 0 aliphatic carbocycles. The second kappa shape index (κ2) is 9.21. The highest BCUT2D eigenvalue weighted by molar-refractivity contribution is 7.99. The summed E-state index contributed by atoms with van der Waals surface area (Å²) in [5, 5.41) is 4.21. The van der Waals surface area contributed by atoms with Crippen molar-refractivity contribution in [3.63, 3.8) is 0 Å². The highest BCUT2D eigenvalue weighted by Gasteiger charge is 2.25. The zero-order valence-electron chi connectivity index (χ0n) is 13.0. The van der Waals surface area contributed by atoms with Crippen molar-refractivity contribution in [3.8, 4) is 0 Å². The molecule has 0 heterocycles. The lowest BCUT2D eigenvalue weighted by Crippen LogP contribution is -2.31. The van der Waals surface area contributed by atoms with Crippen LogP contribution in [0.1, 0.15) is 17.7 Å². The number of thioether (sulfide) groups is 1. The lowest BCUT2D eigenvalue weighted by atomic mass is 10.1. The summed E-state index contributed by atoms with van der Waals surface area (Å²) in [6.07, 6.45) is 0.0821. The van der Waals surface area contributed by atoms with Crippen LogP contribution in [0.25, 0.3) is 0 Å². The summed E-state index contributed by atoms with van der Waals surface area (Å²) < 4.78 is 5.98. The van der Waals surface area contributed by atoms with Crippen molar-refractivity contribution in [1.82, 2.24) is 5.32 Å². The van der Waals surface area contributed by atoms with E-state index >= 15 is 0 Å². The minimum absolute atomic E-state index is 0.0821. The van der Waals surface area contributed by atoms with Gasteiger partial charge in [0.15, 0.2) is 0 Å². The van der Waals surface area contributed by atoms with E-state index in [0.717, 1.165) is 16.5 Å². The Balaban J connectivity index is 2.30. The molecule has 0 saturated heterocycles. The average Bonchev–Trinajstić information content (AvgIpc) is 2.55. The number of halogens is 1. The maximum atomic E-state index is 6.34. The van der Waals surface area contributed by atoms with Gasteiger partial charge in [0.05, 0.1) is 16.4 Å². The van der Waals surface area contributed by atoms with Gasteiger partial charge < -0.3 is 10.1 Å². The van der Waals surface area contributed by atoms with Gasteiger partial charge in [-0.2, -0.15) is 0 Å². The maximum absolute atomic E-state index is 6.34. The maximum Gasteiger partial charge on any atom is 0.0861 e. The zero-order valence-corrected chi connectivity index (χ0v) is 14.5. The molecule has 0 radical (unpaired) electrons. The molecule has 2 aromatic rings. The van der Waals surface area contributed by atoms with E-state index in [9.17, 15) is 0 Å². The van der Waals surface area contributed by atoms with Gasteiger partial charge in [0.2, 0.25) is 0 Å². The van der Waals surface area contributed by atoms with Crippen LogP contribution >= 0.6 is 23.4 Å². The molecule has 0 aliphatic heterocycles. The third-order valence-corrected chi connectivity index (χ3v) is 5.22. The first-order chi connectivity index (χ1) is 10.8. The van der Waals surface area contributed by atoms with Gasteiger partial charge in [0.1, 0.15) is 0 Å². The standard InChI is InChI=1S/C18H22ClNOS/c1-3-21-16(13-20-2)18(14-9-5-4-6-10-14)22-17-12-8-7-11-15(17)19/h4-12,16,18,20H,3,13H2,1-2H3/t16-,18-/m1/s1. The summed E-state index contributed by atoms with van der Waals surface area (Å²) in [4.78, 5) is 1.08. The topological polar surface area (TPSA) is 21.3 Å². The van der Waals surface area contributed by atoms with Gasteiger partial charge in [-0.15, -0.1) is 11.8 Å². The fourth-order valence-electron chi connectivity index (χ4n) is 2.35. The van der Waals surface area contributed by atoms with Crippen LogP contribution in [0.4, 0.5) is 0 Å². The minimum Gasteiger partial charge on any atom is -0.376 e. The summed E-state index contributed by atoms with van der Waals surface area (Å²) in [6, 6.07) is 18.4. The van der Waals surface area contributed by atoms with Gasteiger partial charge in [0, 0.05) is 18.0 Å². The molecule has 0 saturated carbocycles. The van der Waals surface area contributed by atoms with Crippen LogP contribution in [0.15, 0.2) is 59.5 Å². The molecule has 118 valence electrons. The highest BCUT2D eigenvalue weighted by Crippen LogP contribution is 2.41. The van der Waals surface area contributed by atoms with Crippen LogP contribution in [-0.4, -0.2) is 26.3 Å². The fraction of sp³-hybridized carbons (Fsp3) is 0.333. The van der Waals surface area contributed by atoms with E-state index in [0.29, 0.717) is 6.61 Å². The SMILES string of the molecule is CCO[C@H](CNC)[C@H](Sc1ccccc1Cl)c1ccccc1. The van der Waals surface area contributed by atoms with E-state index in [1.807, 2.05) is 38.2 Å². The smallest absolute Gasteiger partial charge is 0.0861 e. The summed E-state index contributed by atoms with van der Waals surface area (Å²) in [5.41, 5.74) is 1.25. The second-order valence-electron chi connectivity index (χ2n) is 4.93. The van der Waals surface area contributed by atoms with Crippen LogP contribution in [0.2, 0.25) is 5.02 Å². The van der Waals surface area contributed by atoms with Crippen molar-refractivity contribution >= 4 is 23.4 Å². The molecule has 2 nitrogen and oxygen atoms in total. The number of hydrogen-bond acceptors (Lipinski definition) is 3. The van der Waals surface area contributed by atoms with E-state index in [-0.39, 0.29) is 11.4 Å². The second-order valence-corrected chi connectivity index (χ2v) is 6.52. The summed E-state index contributed by atoms with van der Waals surface area (Å²) in [7, 11) is 1.95. The average molecular weight is 336 g/mol. The molecule has 1 N–H and O–H groups in total. The molecular formula is C18H22ClNOS. The van der Waals surface area contributed by atoms with Crippen LogP contribution in [0.5, 0.6) is 0 Å². The van der Waals surface area contributed by atoms with E-state index in [4.69, 9.17) is 16.3 Å². The Hall–Kier alpha value is -1.00. The predicted molar refractivity (Wildman–Crippen MR) is 95.8 cm³/mol. The Morgan fingerprint density at radius 3 is 2.41 bits per heavy atom. The van der Waals surface area contributed by atoms with Crippen LogP contribution < -0.4 is 5.32 Å². The van der Waals surface area contributed by atoms with Crippen molar-refractivity contribution in [2.75, 3.05) is 20.2 Å². The van der Waals surface area contributed by atoms with Gasteiger partial charge in [-0.05, 0) is 31.7 Å². The Labute approximate surface area is 142 Å². The number of benzene rings is 2. The van der Waals surface area contributed by atoms with E-state index in [1.165, 1.54) is 5.56 Å². The molecule has 0 amide bonds. The monoisotopic (exact) mass is 335 g/mol. The summed E-state index contributed by atoms with van der Waals surface area (Å²) in [5.74, 6) is 0. The molecule has 0 bridgehead atoms. The Morgan fingerprint density at radius 2 is 1.77 bits per heavy atom. The first-order valence-corrected chi connectivity index (χ1v) is 8.74. The summed E-state index contributed by atoms with van der Waals surface area (Å²) >= 11 is 8.10. The largest absolute Gasteiger partial charge is 0.376 e. The van der Waals surface area contributed by atoms with Crippen LogP contribution in [0, 0.1) is 0 Å². The fourth-order valence-corrected chi connectivity index (χ4v) is 3.85. The molecule has 0 unspecified atom stereocenters. The molecule has 0 aliphatic rings. The van der Waals surface area contributed by atoms with E-state index in [2.05, 4.69) is 35.6 Å². The number of hydrogen-bond donors (Lipinski definition) is 1. The Bertz CT molecular complexity index is 558. The zero-order chi connectivity index (χ0) is 15.8. The van der Waals surface area contributed by atoms with Gasteiger partial charge in [0.25, 0.3) is 0 Å². The van der Waals surface area contributed by atoms with Gasteiger partial charge in [-0.25, -0.2) is 0 Å². The predicted octanol–water partition coefficient (Wildman–Crippen LogP) is 4.80. The number of rotatable bonds is 8. The minimum atomic E-state index is 0.0821. The molecular weight excluding hydrogens is 314 g/mol.